The zero-order chi connectivity index (χ0) is 10.6. The summed E-state index contributed by atoms with van der Waals surface area (Å²) < 4.78 is 5.02. The van der Waals surface area contributed by atoms with Crippen molar-refractivity contribution in [3.05, 3.63) is 36.0 Å². The molecule has 0 saturated carbocycles. The molecule has 1 aromatic heterocycles. The molecule has 0 unspecified atom stereocenters. The Balaban J connectivity index is 2.93. The second-order valence-corrected chi connectivity index (χ2v) is 3.21. The zero-order valence-electron chi connectivity index (χ0n) is 8.66. The topological polar surface area (TPSA) is 48.1 Å². The normalized spacial score (nSPS) is 12.2. The van der Waals surface area contributed by atoms with Gasteiger partial charge in [-0.05, 0) is 24.5 Å². The van der Waals surface area contributed by atoms with Gasteiger partial charge < -0.3 is 10.5 Å². The highest BCUT2D eigenvalue weighted by molar-refractivity contribution is 5.30. The number of pyridine rings is 1. The third-order valence-electron chi connectivity index (χ3n) is 2.16. The van der Waals surface area contributed by atoms with Crippen molar-refractivity contribution in [1.29, 1.82) is 0 Å². The Morgan fingerprint density at radius 2 is 2.43 bits per heavy atom. The van der Waals surface area contributed by atoms with Gasteiger partial charge >= 0.3 is 0 Å². The monoisotopic (exact) mass is 192 g/mol. The second-order valence-electron chi connectivity index (χ2n) is 3.21. The zero-order valence-corrected chi connectivity index (χ0v) is 8.66. The predicted octanol–water partition coefficient (Wildman–Crippen LogP) is 1.97. The molecule has 0 aliphatic heterocycles. The Kier molecular flexibility index (Phi) is 3.65. The minimum absolute atomic E-state index is 0.0223. The van der Waals surface area contributed by atoms with E-state index in [-0.39, 0.29) is 6.04 Å². The number of rotatable bonds is 4. The number of methoxy groups -OCH3 is 1. The summed E-state index contributed by atoms with van der Waals surface area (Å²) in [5.74, 6) is 0.622. The van der Waals surface area contributed by atoms with E-state index >= 15 is 0 Å². The largest absolute Gasteiger partial charge is 0.481 e. The molecule has 1 rings (SSSR count). The Labute approximate surface area is 84.6 Å². The van der Waals surface area contributed by atoms with Crippen LogP contribution in [-0.4, -0.2) is 12.1 Å². The van der Waals surface area contributed by atoms with Crippen LogP contribution in [0.5, 0.6) is 5.88 Å². The van der Waals surface area contributed by atoms with Gasteiger partial charge in [-0.2, -0.15) is 0 Å². The Morgan fingerprint density at radius 1 is 1.71 bits per heavy atom. The highest BCUT2D eigenvalue weighted by Crippen LogP contribution is 2.20. The molecule has 3 nitrogen and oxygen atoms in total. The lowest BCUT2D eigenvalue weighted by Crippen LogP contribution is -2.11. The van der Waals surface area contributed by atoms with Crippen molar-refractivity contribution in [2.24, 2.45) is 5.73 Å². The predicted molar refractivity (Wildman–Crippen MR) is 57.3 cm³/mol. The SMILES string of the molecule is C=CC[C@@H](N)c1cnc(OC)cc1C. The van der Waals surface area contributed by atoms with Gasteiger partial charge in [-0.1, -0.05) is 6.08 Å². The molecular formula is C11H16N2O. The summed E-state index contributed by atoms with van der Waals surface area (Å²) >= 11 is 0. The molecule has 1 heterocycles. The Hall–Kier alpha value is -1.35. The molecule has 3 heteroatoms. The smallest absolute Gasteiger partial charge is 0.213 e. The van der Waals surface area contributed by atoms with E-state index in [1.54, 1.807) is 13.3 Å². The standard InChI is InChI=1S/C11H16N2O/c1-4-5-10(12)9-7-13-11(14-3)6-8(9)2/h4,6-7,10H,1,5,12H2,2-3H3/t10-/m1/s1. The van der Waals surface area contributed by atoms with Gasteiger partial charge in [0.1, 0.15) is 0 Å². The van der Waals surface area contributed by atoms with Crippen LogP contribution in [0.1, 0.15) is 23.6 Å². The summed E-state index contributed by atoms with van der Waals surface area (Å²) in [6.45, 7) is 5.67. The van der Waals surface area contributed by atoms with E-state index in [2.05, 4.69) is 11.6 Å². The van der Waals surface area contributed by atoms with Gasteiger partial charge in [0.2, 0.25) is 5.88 Å². The Bertz CT molecular complexity index is 323. The van der Waals surface area contributed by atoms with Gasteiger partial charge in [0.15, 0.2) is 0 Å². The number of nitrogens with zero attached hydrogens (tertiary/aromatic N) is 1. The Morgan fingerprint density at radius 3 is 2.93 bits per heavy atom. The van der Waals surface area contributed by atoms with E-state index in [1.165, 1.54) is 0 Å². The molecular weight excluding hydrogens is 176 g/mol. The fraction of sp³-hybridized carbons (Fsp3) is 0.364. The van der Waals surface area contributed by atoms with Crippen LogP contribution in [0.2, 0.25) is 0 Å². The van der Waals surface area contributed by atoms with Crippen molar-refractivity contribution in [3.8, 4) is 5.88 Å². The number of aromatic nitrogens is 1. The van der Waals surface area contributed by atoms with Gasteiger partial charge in [0, 0.05) is 18.3 Å². The van der Waals surface area contributed by atoms with E-state index in [9.17, 15) is 0 Å². The van der Waals surface area contributed by atoms with Crippen LogP contribution in [0.15, 0.2) is 24.9 Å². The minimum Gasteiger partial charge on any atom is -0.481 e. The van der Waals surface area contributed by atoms with Gasteiger partial charge in [-0.25, -0.2) is 4.98 Å². The molecule has 0 radical (unpaired) electrons. The van der Waals surface area contributed by atoms with Gasteiger partial charge in [-0.3, -0.25) is 0 Å². The molecule has 0 aliphatic rings. The van der Waals surface area contributed by atoms with Crippen LogP contribution in [0.25, 0.3) is 0 Å². The van der Waals surface area contributed by atoms with Crippen molar-refractivity contribution in [3.63, 3.8) is 0 Å². The van der Waals surface area contributed by atoms with Crippen LogP contribution in [0, 0.1) is 6.92 Å². The van der Waals surface area contributed by atoms with E-state index in [1.807, 2.05) is 19.1 Å². The van der Waals surface area contributed by atoms with Crippen LogP contribution < -0.4 is 10.5 Å². The highest BCUT2D eigenvalue weighted by Gasteiger charge is 2.08. The molecule has 0 aromatic carbocycles. The molecule has 0 bridgehead atoms. The van der Waals surface area contributed by atoms with Crippen molar-refractivity contribution >= 4 is 0 Å². The van der Waals surface area contributed by atoms with Crippen LogP contribution in [0.4, 0.5) is 0 Å². The first-order valence-corrected chi connectivity index (χ1v) is 4.56. The second kappa shape index (κ2) is 4.77. The average molecular weight is 192 g/mol. The maximum atomic E-state index is 5.95. The summed E-state index contributed by atoms with van der Waals surface area (Å²) in [7, 11) is 1.60. The number of hydrogen-bond acceptors (Lipinski definition) is 3. The lowest BCUT2D eigenvalue weighted by Gasteiger charge is -2.12. The van der Waals surface area contributed by atoms with Crippen molar-refractivity contribution in [2.45, 2.75) is 19.4 Å². The van der Waals surface area contributed by atoms with E-state index < -0.39 is 0 Å². The lowest BCUT2D eigenvalue weighted by atomic mass is 10.0. The van der Waals surface area contributed by atoms with E-state index in [4.69, 9.17) is 10.5 Å². The molecule has 0 aliphatic carbocycles. The third kappa shape index (κ3) is 2.33. The number of hydrogen-bond donors (Lipinski definition) is 1. The molecule has 0 fully saturated rings. The maximum Gasteiger partial charge on any atom is 0.213 e. The highest BCUT2D eigenvalue weighted by atomic mass is 16.5. The van der Waals surface area contributed by atoms with Crippen molar-refractivity contribution < 1.29 is 4.74 Å². The van der Waals surface area contributed by atoms with Crippen LogP contribution in [-0.2, 0) is 0 Å². The molecule has 1 aromatic rings. The maximum absolute atomic E-state index is 5.95. The van der Waals surface area contributed by atoms with Gasteiger partial charge in [0.05, 0.1) is 7.11 Å². The number of nitrogens with two attached hydrogens (primary N) is 1. The van der Waals surface area contributed by atoms with Gasteiger partial charge in [-0.15, -0.1) is 6.58 Å². The van der Waals surface area contributed by atoms with E-state index in [0.717, 1.165) is 17.5 Å². The molecule has 2 N–H and O–H groups in total. The average Bonchev–Trinajstić information content (AvgIpc) is 2.17. The number of ether oxygens (including phenoxy) is 1. The molecule has 1 atom stereocenters. The van der Waals surface area contributed by atoms with Crippen molar-refractivity contribution in [1.82, 2.24) is 4.98 Å². The minimum atomic E-state index is -0.0223. The van der Waals surface area contributed by atoms with Crippen molar-refractivity contribution in [2.75, 3.05) is 7.11 Å². The molecule has 14 heavy (non-hydrogen) atoms. The fourth-order valence-electron chi connectivity index (χ4n) is 1.35. The lowest BCUT2D eigenvalue weighted by molar-refractivity contribution is 0.397. The molecule has 0 saturated heterocycles. The van der Waals surface area contributed by atoms with Gasteiger partial charge in [0.25, 0.3) is 0 Å². The molecule has 0 amide bonds. The van der Waals surface area contributed by atoms with E-state index in [0.29, 0.717) is 5.88 Å². The van der Waals surface area contributed by atoms with Crippen LogP contribution in [0.3, 0.4) is 0 Å². The summed E-state index contributed by atoms with van der Waals surface area (Å²) in [4.78, 5) is 4.12. The van der Waals surface area contributed by atoms with Crippen LogP contribution >= 0.6 is 0 Å². The summed E-state index contributed by atoms with van der Waals surface area (Å²) in [6.07, 6.45) is 4.34. The first-order chi connectivity index (χ1) is 6.69. The third-order valence-corrected chi connectivity index (χ3v) is 2.16. The first kappa shape index (κ1) is 10.7. The fourth-order valence-corrected chi connectivity index (χ4v) is 1.35. The molecule has 0 spiro atoms. The quantitative estimate of drug-likeness (QED) is 0.742. The summed E-state index contributed by atoms with van der Waals surface area (Å²) in [5.41, 5.74) is 8.10. The number of aryl methyl sites for hydroxylation is 1. The first-order valence-electron chi connectivity index (χ1n) is 4.56. The molecule has 76 valence electrons. The summed E-state index contributed by atoms with van der Waals surface area (Å²) in [5, 5.41) is 0. The summed E-state index contributed by atoms with van der Waals surface area (Å²) in [6, 6.07) is 1.86.